The first-order valence-corrected chi connectivity index (χ1v) is 12.7. The molecule has 206 valence electrons. The smallest absolute Gasteiger partial charge is 0.413 e. The van der Waals surface area contributed by atoms with Crippen LogP contribution in [0.1, 0.15) is 31.5 Å². The molecule has 0 saturated carbocycles. The van der Waals surface area contributed by atoms with E-state index in [-0.39, 0.29) is 23.2 Å². The van der Waals surface area contributed by atoms with Crippen LogP contribution in [0.2, 0.25) is 0 Å². The molecule has 14 heteroatoms. The second-order valence-electron chi connectivity index (χ2n) is 9.89. The third kappa shape index (κ3) is 4.88. The van der Waals surface area contributed by atoms with Crippen LogP contribution >= 0.6 is 0 Å². The minimum Gasteiger partial charge on any atom is -0.454 e. The lowest BCUT2D eigenvalue weighted by Crippen LogP contribution is -2.33. The highest BCUT2D eigenvalue weighted by molar-refractivity contribution is 5.85. The summed E-state index contributed by atoms with van der Waals surface area (Å²) in [4.78, 5) is 25.3. The predicted molar refractivity (Wildman–Crippen MR) is 141 cm³/mol. The number of aromatic nitrogens is 6. The highest BCUT2D eigenvalue weighted by Gasteiger charge is 2.31. The molecule has 4 aromatic rings. The number of fused-ring (bicyclic) bond motifs is 2. The lowest BCUT2D eigenvalue weighted by molar-refractivity contribution is -0.0532. The van der Waals surface area contributed by atoms with Crippen molar-refractivity contribution in [1.82, 2.24) is 29.3 Å². The molecule has 14 nitrogen and oxygen atoms in total. The number of ether oxygens (including phenoxy) is 4. The number of rotatable bonds is 6. The van der Waals surface area contributed by atoms with Crippen molar-refractivity contribution in [3.63, 3.8) is 0 Å². The Bertz CT molecular complexity index is 1630. The molecular formula is C26H27N9O5. The van der Waals surface area contributed by atoms with Crippen LogP contribution in [-0.2, 0) is 33.4 Å². The molecule has 1 saturated heterocycles. The van der Waals surface area contributed by atoms with Crippen molar-refractivity contribution in [2.24, 2.45) is 7.05 Å². The number of nitrogens with one attached hydrogen (secondary N) is 2. The number of amides is 1. The van der Waals surface area contributed by atoms with Crippen LogP contribution in [0.15, 0.2) is 30.6 Å². The Hall–Kier alpha value is -4.74. The number of carbonyl (C=O) groups excluding carboxylic acids is 1. The summed E-state index contributed by atoms with van der Waals surface area (Å²) < 4.78 is 26.0. The third-order valence-corrected chi connectivity index (χ3v) is 6.73. The van der Waals surface area contributed by atoms with Gasteiger partial charge in [0.05, 0.1) is 38.3 Å². The number of aryl methyl sites for hydroxylation is 1. The van der Waals surface area contributed by atoms with Gasteiger partial charge in [-0.3, -0.25) is 10.00 Å². The molecule has 1 fully saturated rings. The van der Waals surface area contributed by atoms with E-state index < -0.39 is 11.7 Å². The number of imidazole rings is 1. The Kier molecular flexibility index (Phi) is 6.45. The maximum absolute atomic E-state index is 12.2. The first-order chi connectivity index (χ1) is 19.3. The Morgan fingerprint density at radius 2 is 2.12 bits per heavy atom. The summed E-state index contributed by atoms with van der Waals surface area (Å²) in [5.74, 6) is 1.88. The molecule has 0 bridgehead atoms. The Morgan fingerprint density at radius 1 is 1.25 bits per heavy atom. The largest absolute Gasteiger partial charge is 0.454 e. The summed E-state index contributed by atoms with van der Waals surface area (Å²) >= 11 is 0. The van der Waals surface area contributed by atoms with Gasteiger partial charge in [-0.1, -0.05) is 0 Å². The lowest BCUT2D eigenvalue weighted by atomic mass is 10.0. The van der Waals surface area contributed by atoms with E-state index in [0.29, 0.717) is 61.5 Å². The summed E-state index contributed by atoms with van der Waals surface area (Å²) in [7, 11) is 1.78. The summed E-state index contributed by atoms with van der Waals surface area (Å²) in [6.07, 6.45) is 2.65. The molecule has 40 heavy (non-hydrogen) atoms. The van der Waals surface area contributed by atoms with Crippen LogP contribution < -0.4 is 15.4 Å². The van der Waals surface area contributed by atoms with Gasteiger partial charge in [-0.2, -0.15) is 15.3 Å². The minimum atomic E-state index is -0.634. The summed E-state index contributed by atoms with van der Waals surface area (Å²) in [5.41, 5.74) is 1.62. The van der Waals surface area contributed by atoms with Gasteiger partial charge in [0.1, 0.15) is 40.4 Å². The van der Waals surface area contributed by atoms with Gasteiger partial charge in [0, 0.05) is 31.8 Å². The zero-order valence-corrected chi connectivity index (χ0v) is 22.2. The van der Waals surface area contributed by atoms with Gasteiger partial charge in [-0.25, -0.2) is 14.8 Å². The van der Waals surface area contributed by atoms with Crippen molar-refractivity contribution in [3.8, 4) is 17.6 Å². The highest BCUT2D eigenvalue weighted by atomic mass is 16.6. The average Bonchev–Trinajstić information content (AvgIpc) is 3.65. The Labute approximate surface area is 228 Å². The fourth-order valence-electron chi connectivity index (χ4n) is 4.72. The summed E-state index contributed by atoms with van der Waals surface area (Å²) in [5, 5.41) is 20.5. The van der Waals surface area contributed by atoms with E-state index in [2.05, 4.69) is 36.8 Å². The van der Waals surface area contributed by atoms with Gasteiger partial charge in [-0.05, 0) is 19.9 Å². The molecule has 4 aromatic heterocycles. The minimum absolute atomic E-state index is 0.226. The SMILES string of the molecule is Cn1c(Nc2cc3n(n2)CCOC3(C)C)nc2ncc(Oc3ccnc(NC(=O)O[C@H]4CCOC4)c3)c(C#N)c21. The average molecular weight is 546 g/mol. The molecule has 0 radical (unpaired) electrons. The Morgan fingerprint density at radius 3 is 2.90 bits per heavy atom. The van der Waals surface area contributed by atoms with E-state index in [4.69, 9.17) is 18.9 Å². The molecule has 2 aliphatic rings. The number of nitrogens with zero attached hydrogens (tertiary/aromatic N) is 7. The maximum Gasteiger partial charge on any atom is 0.413 e. The van der Waals surface area contributed by atoms with Crippen LogP contribution in [0.25, 0.3) is 11.2 Å². The maximum atomic E-state index is 12.2. The summed E-state index contributed by atoms with van der Waals surface area (Å²) in [6.45, 7) is 6.18. The molecule has 0 unspecified atom stereocenters. The second kappa shape index (κ2) is 10.1. The van der Waals surface area contributed by atoms with Crippen LogP contribution in [0, 0.1) is 11.3 Å². The lowest BCUT2D eigenvalue weighted by Gasteiger charge is -2.30. The zero-order chi connectivity index (χ0) is 27.9. The van der Waals surface area contributed by atoms with Gasteiger partial charge in [0.15, 0.2) is 17.2 Å². The summed E-state index contributed by atoms with van der Waals surface area (Å²) in [6, 6.07) is 7.27. The van der Waals surface area contributed by atoms with Gasteiger partial charge >= 0.3 is 6.09 Å². The number of pyridine rings is 2. The first kappa shape index (κ1) is 25.5. The normalized spacial score (nSPS) is 17.7. The quantitative estimate of drug-likeness (QED) is 0.364. The van der Waals surface area contributed by atoms with Crippen LogP contribution in [0.4, 0.5) is 22.4 Å². The molecule has 1 amide bonds. The first-order valence-electron chi connectivity index (χ1n) is 12.7. The van der Waals surface area contributed by atoms with Gasteiger partial charge < -0.3 is 28.8 Å². The van der Waals surface area contributed by atoms with Gasteiger partial charge in [0.25, 0.3) is 0 Å². The number of hydrogen-bond donors (Lipinski definition) is 2. The zero-order valence-electron chi connectivity index (χ0n) is 22.2. The topological polar surface area (TPSA) is 163 Å². The standard InChI is InChI=1S/C26H27N9O5/c1-26(2)19-11-21(33-35(19)7-9-38-26)30-24-32-23-22(34(24)3)17(12-27)18(13-29-23)39-15-4-6-28-20(10-15)31-25(36)40-16-5-8-37-14-16/h4,6,10-11,13,16H,5,7-9,14H2,1-3H3,(H,28,31,36)(H,29,30,32,33)/t16-/m0/s1. The monoisotopic (exact) mass is 545 g/mol. The second-order valence-corrected chi connectivity index (χ2v) is 9.89. The number of hydrogen-bond acceptors (Lipinski definition) is 11. The molecule has 6 heterocycles. The highest BCUT2D eigenvalue weighted by Crippen LogP contribution is 2.34. The fourth-order valence-corrected chi connectivity index (χ4v) is 4.72. The molecule has 1 atom stereocenters. The number of nitriles is 1. The molecule has 6 rings (SSSR count). The van der Waals surface area contributed by atoms with Crippen molar-refractivity contribution in [3.05, 3.63) is 41.9 Å². The van der Waals surface area contributed by atoms with Crippen LogP contribution in [0.5, 0.6) is 11.5 Å². The fraction of sp³-hybridized carbons (Fsp3) is 0.385. The van der Waals surface area contributed by atoms with E-state index in [0.717, 1.165) is 5.69 Å². The van der Waals surface area contributed by atoms with E-state index in [1.54, 1.807) is 17.7 Å². The van der Waals surface area contributed by atoms with E-state index in [9.17, 15) is 10.1 Å². The molecule has 0 spiro atoms. The number of anilines is 3. The van der Waals surface area contributed by atoms with E-state index in [1.807, 2.05) is 24.6 Å². The van der Waals surface area contributed by atoms with Crippen molar-refractivity contribution in [1.29, 1.82) is 5.26 Å². The van der Waals surface area contributed by atoms with Crippen LogP contribution in [-0.4, -0.2) is 61.3 Å². The van der Waals surface area contributed by atoms with Crippen molar-refractivity contribution >= 4 is 34.8 Å². The predicted octanol–water partition coefficient (Wildman–Crippen LogP) is 3.57. The van der Waals surface area contributed by atoms with Crippen molar-refractivity contribution < 1.29 is 23.7 Å². The van der Waals surface area contributed by atoms with Gasteiger partial charge in [0.2, 0.25) is 5.95 Å². The van der Waals surface area contributed by atoms with E-state index >= 15 is 0 Å². The molecule has 2 N–H and O–H groups in total. The molecular weight excluding hydrogens is 518 g/mol. The third-order valence-electron chi connectivity index (χ3n) is 6.73. The van der Waals surface area contributed by atoms with Gasteiger partial charge in [-0.15, -0.1) is 0 Å². The van der Waals surface area contributed by atoms with E-state index in [1.165, 1.54) is 18.5 Å². The van der Waals surface area contributed by atoms with Crippen LogP contribution in [0.3, 0.4) is 0 Å². The molecule has 2 aliphatic heterocycles. The molecule has 0 aromatic carbocycles. The van der Waals surface area contributed by atoms with Crippen molar-refractivity contribution in [2.75, 3.05) is 30.5 Å². The Balaban J connectivity index is 1.23. The van der Waals surface area contributed by atoms with Crippen molar-refractivity contribution in [2.45, 2.75) is 38.5 Å². The number of carbonyl (C=O) groups is 1. The molecule has 0 aliphatic carbocycles.